The number of nitrogens with zero attached hydrogens (tertiary/aromatic N) is 4. The highest BCUT2D eigenvalue weighted by atomic mass is 19.4. The fraction of sp³-hybridized carbons (Fsp3) is 0.571. The fourth-order valence-corrected chi connectivity index (χ4v) is 3.25. The molecule has 3 heterocycles. The molecule has 0 saturated carbocycles. The molecular formula is C14H15F3N4O2. The number of hydrogen-bond donors (Lipinski definition) is 0. The Labute approximate surface area is 130 Å². The van der Waals surface area contributed by atoms with E-state index in [1.165, 1.54) is 24.8 Å². The Hall–Kier alpha value is -2.19. The van der Waals surface area contributed by atoms with E-state index in [0.29, 0.717) is 19.5 Å². The van der Waals surface area contributed by atoms with E-state index in [1.807, 2.05) is 0 Å². The van der Waals surface area contributed by atoms with E-state index in [4.69, 9.17) is 0 Å². The van der Waals surface area contributed by atoms with Crippen LogP contribution in [-0.4, -0.2) is 56.8 Å². The largest absolute Gasteiger partial charge is 0.451 e. The van der Waals surface area contributed by atoms with Crippen LogP contribution < -0.4 is 0 Å². The first-order chi connectivity index (χ1) is 10.7. The molecule has 6 nitrogen and oxygen atoms in total. The van der Waals surface area contributed by atoms with E-state index in [1.54, 1.807) is 4.90 Å². The Balaban J connectivity index is 1.83. The summed E-state index contributed by atoms with van der Waals surface area (Å²) in [6, 6.07) is 1.03. The summed E-state index contributed by atoms with van der Waals surface area (Å²) < 4.78 is 38.4. The lowest BCUT2D eigenvalue weighted by Gasteiger charge is -2.33. The van der Waals surface area contributed by atoms with E-state index < -0.39 is 17.9 Å². The van der Waals surface area contributed by atoms with Gasteiger partial charge in [0, 0.05) is 25.7 Å². The van der Waals surface area contributed by atoms with Gasteiger partial charge in [-0.15, -0.1) is 0 Å². The van der Waals surface area contributed by atoms with E-state index in [9.17, 15) is 22.8 Å². The van der Waals surface area contributed by atoms with E-state index in [2.05, 4.69) is 9.97 Å². The highest BCUT2D eigenvalue weighted by molar-refractivity contribution is 5.93. The van der Waals surface area contributed by atoms with Gasteiger partial charge in [-0.05, 0) is 19.4 Å². The van der Waals surface area contributed by atoms with E-state index >= 15 is 0 Å². The molecule has 9 heteroatoms. The molecule has 2 bridgehead atoms. The Kier molecular flexibility index (Phi) is 3.53. The number of carbonyl (C=O) groups is 2. The van der Waals surface area contributed by atoms with Crippen molar-refractivity contribution in [2.45, 2.75) is 38.5 Å². The van der Waals surface area contributed by atoms with Gasteiger partial charge >= 0.3 is 6.18 Å². The summed E-state index contributed by atoms with van der Waals surface area (Å²) in [4.78, 5) is 33.9. The van der Waals surface area contributed by atoms with Crippen molar-refractivity contribution in [1.29, 1.82) is 0 Å². The smallest absolute Gasteiger partial charge is 0.336 e. The van der Waals surface area contributed by atoms with Crippen molar-refractivity contribution in [2.75, 3.05) is 13.1 Å². The topological polar surface area (TPSA) is 66.4 Å². The van der Waals surface area contributed by atoms with Crippen LogP contribution in [0.15, 0.2) is 6.07 Å². The fourth-order valence-electron chi connectivity index (χ4n) is 3.25. The minimum absolute atomic E-state index is 0.0539. The average Bonchev–Trinajstić information content (AvgIpc) is 3.04. The number of rotatable bonds is 1. The molecule has 0 aromatic carbocycles. The lowest BCUT2D eigenvalue weighted by atomic mass is 10.2. The number of aryl methyl sites for hydroxylation is 1. The van der Waals surface area contributed by atoms with E-state index in [0.717, 1.165) is 0 Å². The van der Waals surface area contributed by atoms with Crippen LogP contribution in [0.25, 0.3) is 0 Å². The third-order valence-corrected chi connectivity index (χ3v) is 4.23. The van der Waals surface area contributed by atoms with Crippen molar-refractivity contribution in [1.82, 2.24) is 19.8 Å². The maximum Gasteiger partial charge on any atom is 0.451 e. The molecule has 3 rings (SSSR count). The lowest BCUT2D eigenvalue weighted by molar-refractivity contribution is -0.145. The molecule has 23 heavy (non-hydrogen) atoms. The number of amides is 2. The van der Waals surface area contributed by atoms with Crippen molar-refractivity contribution in [3.05, 3.63) is 23.3 Å². The van der Waals surface area contributed by atoms with Crippen LogP contribution in [0.4, 0.5) is 13.2 Å². The number of piperazine rings is 1. The van der Waals surface area contributed by atoms with Crippen molar-refractivity contribution in [2.24, 2.45) is 0 Å². The number of fused-ring (bicyclic) bond motifs is 2. The number of halogens is 3. The molecule has 0 radical (unpaired) electrons. The third kappa shape index (κ3) is 2.75. The molecule has 2 atom stereocenters. The third-order valence-electron chi connectivity index (χ3n) is 4.23. The molecule has 2 aliphatic heterocycles. The second-order valence-corrected chi connectivity index (χ2v) is 5.89. The number of likely N-dealkylation sites (tertiary alicyclic amines) is 2. The normalized spacial score (nSPS) is 23.5. The summed E-state index contributed by atoms with van der Waals surface area (Å²) in [5.74, 6) is -1.91. The summed E-state index contributed by atoms with van der Waals surface area (Å²) >= 11 is 0. The maximum absolute atomic E-state index is 12.8. The molecule has 1 aromatic heterocycles. The molecule has 2 aliphatic rings. The van der Waals surface area contributed by atoms with Crippen molar-refractivity contribution in [3.63, 3.8) is 0 Å². The van der Waals surface area contributed by atoms with Crippen LogP contribution in [0.2, 0.25) is 0 Å². The predicted molar refractivity (Wildman–Crippen MR) is 72.4 cm³/mol. The standard InChI is InChI=1S/C14H15F3N4O2/c1-7-3-11(19-13(18-7)14(15,16)17)12(23)21-6-9-4-10(21)5-20(9)8(2)22/h3,9-10H,4-6H2,1-2H3/t9-,10-/m0/s1. The summed E-state index contributed by atoms with van der Waals surface area (Å²) in [7, 11) is 0. The Morgan fingerprint density at radius 1 is 1.17 bits per heavy atom. The van der Waals surface area contributed by atoms with Crippen molar-refractivity contribution >= 4 is 11.8 Å². The Morgan fingerprint density at radius 3 is 2.30 bits per heavy atom. The van der Waals surface area contributed by atoms with Crippen LogP contribution in [0.3, 0.4) is 0 Å². The van der Waals surface area contributed by atoms with Gasteiger partial charge in [-0.3, -0.25) is 9.59 Å². The van der Waals surface area contributed by atoms with E-state index in [-0.39, 0.29) is 29.4 Å². The first kappa shape index (κ1) is 15.7. The molecule has 0 spiro atoms. The van der Waals surface area contributed by atoms with Gasteiger partial charge in [0.05, 0.1) is 12.1 Å². The molecule has 2 amide bonds. The SMILES string of the molecule is CC(=O)N1C[C@@H]2C[C@H]1CN2C(=O)c1cc(C)nc(C(F)(F)F)n1. The van der Waals surface area contributed by atoms with Crippen LogP contribution in [0, 0.1) is 6.92 Å². The zero-order valence-corrected chi connectivity index (χ0v) is 12.6. The molecule has 1 aromatic rings. The zero-order valence-electron chi connectivity index (χ0n) is 12.6. The molecule has 2 fully saturated rings. The number of aromatic nitrogens is 2. The molecule has 0 aliphatic carbocycles. The molecule has 2 saturated heterocycles. The highest BCUT2D eigenvalue weighted by Gasteiger charge is 2.47. The van der Waals surface area contributed by atoms with Crippen molar-refractivity contribution in [3.8, 4) is 0 Å². The first-order valence-corrected chi connectivity index (χ1v) is 7.18. The zero-order chi connectivity index (χ0) is 16.9. The number of alkyl halides is 3. The minimum atomic E-state index is -4.70. The summed E-state index contributed by atoms with van der Waals surface area (Å²) in [5, 5.41) is 0. The molecule has 124 valence electrons. The monoisotopic (exact) mass is 328 g/mol. The van der Waals surface area contributed by atoms with Gasteiger partial charge in [-0.1, -0.05) is 0 Å². The maximum atomic E-state index is 12.8. The first-order valence-electron chi connectivity index (χ1n) is 7.18. The Morgan fingerprint density at radius 2 is 1.78 bits per heavy atom. The summed E-state index contributed by atoms with van der Waals surface area (Å²) in [5.41, 5.74) is -0.169. The Bertz CT molecular complexity index is 676. The van der Waals surface area contributed by atoms with Gasteiger partial charge in [-0.2, -0.15) is 13.2 Å². The predicted octanol–water partition coefficient (Wildman–Crippen LogP) is 1.25. The van der Waals surface area contributed by atoms with Crippen LogP contribution >= 0.6 is 0 Å². The van der Waals surface area contributed by atoms with Gasteiger partial charge in [-0.25, -0.2) is 9.97 Å². The van der Waals surface area contributed by atoms with Crippen LogP contribution in [0.1, 0.15) is 35.4 Å². The van der Waals surface area contributed by atoms with Crippen LogP contribution in [-0.2, 0) is 11.0 Å². The quantitative estimate of drug-likeness (QED) is 0.778. The van der Waals surface area contributed by atoms with Crippen LogP contribution in [0.5, 0.6) is 0 Å². The second kappa shape index (κ2) is 5.17. The molecular weight excluding hydrogens is 313 g/mol. The van der Waals surface area contributed by atoms with Gasteiger partial charge in [0.25, 0.3) is 5.91 Å². The molecule has 0 unspecified atom stereocenters. The minimum Gasteiger partial charge on any atom is -0.336 e. The van der Waals surface area contributed by atoms with Gasteiger partial charge in [0.2, 0.25) is 11.7 Å². The van der Waals surface area contributed by atoms with Gasteiger partial charge in [0.15, 0.2) is 0 Å². The van der Waals surface area contributed by atoms with Gasteiger partial charge in [0.1, 0.15) is 5.69 Å². The lowest BCUT2D eigenvalue weighted by Crippen LogP contribution is -2.50. The number of carbonyl (C=O) groups excluding carboxylic acids is 2. The summed E-state index contributed by atoms with van der Waals surface area (Å²) in [6.07, 6.45) is -4.04. The summed E-state index contributed by atoms with van der Waals surface area (Å²) in [6.45, 7) is 3.60. The second-order valence-electron chi connectivity index (χ2n) is 5.89. The molecule has 0 N–H and O–H groups in total. The highest BCUT2D eigenvalue weighted by Crippen LogP contribution is 2.32. The number of hydrogen-bond acceptors (Lipinski definition) is 4. The van der Waals surface area contributed by atoms with Gasteiger partial charge < -0.3 is 9.80 Å². The average molecular weight is 328 g/mol. The van der Waals surface area contributed by atoms with Crippen molar-refractivity contribution < 1.29 is 22.8 Å².